The quantitative estimate of drug-likeness (QED) is 0.788. The summed E-state index contributed by atoms with van der Waals surface area (Å²) in [4.78, 5) is 20.0. The Kier molecular flexibility index (Phi) is 7.71. The number of hydrogen-bond acceptors (Lipinski definition) is 5. The average Bonchev–Trinajstić information content (AvgIpc) is 3.06. The molecule has 0 saturated carbocycles. The van der Waals surface area contributed by atoms with Gasteiger partial charge in [-0.1, -0.05) is 18.2 Å². The summed E-state index contributed by atoms with van der Waals surface area (Å²) in [5.74, 6) is 1.41. The lowest BCUT2D eigenvalue weighted by atomic mass is 10.0. The van der Waals surface area contributed by atoms with Crippen LogP contribution in [-0.2, 0) is 11.3 Å². The van der Waals surface area contributed by atoms with Gasteiger partial charge in [-0.15, -0.1) is 12.4 Å². The molecule has 1 aromatic carbocycles. The number of rotatable bonds is 5. The number of carbonyl (C=O) groups is 1. The third-order valence-electron chi connectivity index (χ3n) is 5.51. The van der Waals surface area contributed by atoms with Gasteiger partial charge in [0.05, 0.1) is 24.9 Å². The molecule has 1 saturated heterocycles. The molecule has 1 aromatic heterocycles. The fourth-order valence-electron chi connectivity index (χ4n) is 3.99. The van der Waals surface area contributed by atoms with E-state index in [-0.39, 0.29) is 31.0 Å². The van der Waals surface area contributed by atoms with Gasteiger partial charge in [-0.05, 0) is 56.6 Å². The smallest absolute Gasteiger partial charge is 0.253 e. The van der Waals surface area contributed by atoms with Gasteiger partial charge in [0, 0.05) is 17.8 Å². The molecule has 0 aliphatic carbocycles. The topological polar surface area (TPSA) is 63.7 Å². The van der Waals surface area contributed by atoms with Crippen molar-refractivity contribution in [3.05, 3.63) is 59.4 Å². The molecule has 1 unspecified atom stereocenters. The standard InChI is InChI=1S/C23H27N3O3.ClH/c1-28-21-9-4-6-17-14-18(16-29-22(17)21)23(27)26(15-19-7-2-3-12-25-19)20-8-5-11-24-13-10-20;/h2-4,6-7,9,12,14,20,24H,5,8,10-11,13,15-16H2,1H3;1H. The Bertz CT molecular complexity index is 881. The van der Waals surface area contributed by atoms with Crippen molar-refractivity contribution in [1.82, 2.24) is 15.2 Å². The van der Waals surface area contributed by atoms with Crippen molar-refractivity contribution in [3.63, 3.8) is 0 Å². The highest BCUT2D eigenvalue weighted by Gasteiger charge is 2.29. The van der Waals surface area contributed by atoms with Crippen LogP contribution in [0.15, 0.2) is 48.2 Å². The van der Waals surface area contributed by atoms with Crippen LogP contribution in [0.3, 0.4) is 0 Å². The number of pyridine rings is 1. The van der Waals surface area contributed by atoms with E-state index >= 15 is 0 Å². The van der Waals surface area contributed by atoms with E-state index in [9.17, 15) is 4.79 Å². The average molecular weight is 430 g/mol. The van der Waals surface area contributed by atoms with Crippen molar-refractivity contribution in [2.45, 2.75) is 31.8 Å². The molecule has 1 atom stereocenters. The maximum absolute atomic E-state index is 13.6. The van der Waals surface area contributed by atoms with Crippen molar-refractivity contribution in [1.29, 1.82) is 0 Å². The molecular weight excluding hydrogens is 402 g/mol. The molecule has 0 spiro atoms. The van der Waals surface area contributed by atoms with E-state index in [1.165, 1.54) is 0 Å². The van der Waals surface area contributed by atoms with Crippen molar-refractivity contribution in [2.75, 3.05) is 26.8 Å². The number of nitrogens with one attached hydrogen (secondary N) is 1. The van der Waals surface area contributed by atoms with Crippen LogP contribution in [0.2, 0.25) is 0 Å². The van der Waals surface area contributed by atoms with Crippen LogP contribution in [0.4, 0.5) is 0 Å². The van der Waals surface area contributed by atoms with Crippen molar-refractivity contribution in [2.24, 2.45) is 0 Å². The number of halogens is 1. The van der Waals surface area contributed by atoms with E-state index in [0.29, 0.717) is 23.6 Å². The Hall–Kier alpha value is -2.57. The van der Waals surface area contributed by atoms with Gasteiger partial charge in [0.2, 0.25) is 0 Å². The van der Waals surface area contributed by atoms with Gasteiger partial charge >= 0.3 is 0 Å². The number of benzene rings is 1. The molecule has 30 heavy (non-hydrogen) atoms. The molecule has 1 amide bonds. The van der Waals surface area contributed by atoms with Crippen molar-refractivity contribution >= 4 is 24.4 Å². The fraction of sp³-hybridized carbons (Fsp3) is 0.391. The molecule has 1 N–H and O–H groups in total. The molecule has 2 aliphatic heterocycles. The third kappa shape index (κ3) is 4.94. The Morgan fingerprint density at radius 1 is 1.23 bits per heavy atom. The monoisotopic (exact) mass is 429 g/mol. The van der Waals surface area contributed by atoms with Crippen molar-refractivity contribution in [3.8, 4) is 11.5 Å². The summed E-state index contributed by atoms with van der Waals surface area (Å²) >= 11 is 0. The maximum atomic E-state index is 13.6. The molecule has 3 heterocycles. The Morgan fingerprint density at radius 3 is 2.93 bits per heavy atom. The van der Waals surface area contributed by atoms with E-state index < -0.39 is 0 Å². The molecule has 6 nitrogen and oxygen atoms in total. The molecule has 160 valence electrons. The highest BCUT2D eigenvalue weighted by molar-refractivity contribution is 5.99. The first-order valence-corrected chi connectivity index (χ1v) is 10.2. The third-order valence-corrected chi connectivity index (χ3v) is 5.51. The Balaban J connectivity index is 0.00000256. The summed E-state index contributed by atoms with van der Waals surface area (Å²) in [5.41, 5.74) is 2.44. The number of para-hydroxylation sites is 1. The van der Waals surface area contributed by atoms with E-state index in [1.807, 2.05) is 47.4 Å². The van der Waals surface area contributed by atoms with Crippen LogP contribution in [0, 0.1) is 0 Å². The maximum Gasteiger partial charge on any atom is 0.253 e. The van der Waals surface area contributed by atoms with Crippen LogP contribution in [0.5, 0.6) is 11.5 Å². The Labute approximate surface area is 183 Å². The number of carbonyl (C=O) groups excluding carboxylic acids is 1. The van der Waals surface area contributed by atoms with Gasteiger partial charge < -0.3 is 19.7 Å². The van der Waals surface area contributed by atoms with Crippen LogP contribution >= 0.6 is 12.4 Å². The summed E-state index contributed by atoms with van der Waals surface area (Å²) in [5, 5.41) is 3.43. The fourth-order valence-corrected chi connectivity index (χ4v) is 3.99. The lowest BCUT2D eigenvalue weighted by Gasteiger charge is -2.32. The van der Waals surface area contributed by atoms with E-state index in [0.717, 1.165) is 43.6 Å². The summed E-state index contributed by atoms with van der Waals surface area (Å²) in [6.45, 7) is 2.68. The first-order valence-electron chi connectivity index (χ1n) is 10.2. The largest absolute Gasteiger partial charge is 0.493 e. The lowest BCUT2D eigenvalue weighted by Crippen LogP contribution is -2.42. The molecule has 2 aliphatic rings. The number of aromatic nitrogens is 1. The zero-order valence-corrected chi connectivity index (χ0v) is 18.0. The highest BCUT2D eigenvalue weighted by Crippen LogP contribution is 2.36. The van der Waals surface area contributed by atoms with Crippen LogP contribution in [-0.4, -0.2) is 48.6 Å². The van der Waals surface area contributed by atoms with E-state index in [2.05, 4.69) is 10.3 Å². The number of amides is 1. The van der Waals surface area contributed by atoms with Gasteiger partial charge in [0.1, 0.15) is 6.61 Å². The van der Waals surface area contributed by atoms with E-state index in [1.54, 1.807) is 13.3 Å². The number of methoxy groups -OCH3 is 1. The molecule has 7 heteroatoms. The minimum Gasteiger partial charge on any atom is -0.493 e. The predicted molar refractivity (Wildman–Crippen MR) is 119 cm³/mol. The van der Waals surface area contributed by atoms with Crippen LogP contribution < -0.4 is 14.8 Å². The van der Waals surface area contributed by atoms with E-state index in [4.69, 9.17) is 9.47 Å². The van der Waals surface area contributed by atoms with Gasteiger partial charge in [-0.3, -0.25) is 9.78 Å². The Morgan fingerprint density at radius 2 is 2.13 bits per heavy atom. The summed E-state index contributed by atoms with van der Waals surface area (Å²) in [6, 6.07) is 11.7. The minimum absolute atomic E-state index is 0. The minimum atomic E-state index is 0. The second kappa shape index (κ2) is 10.5. The van der Waals surface area contributed by atoms with Gasteiger partial charge in [0.25, 0.3) is 5.91 Å². The summed E-state index contributed by atoms with van der Waals surface area (Å²) in [7, 11) is 1.62. The summed E-state index contributed by atoms with van der Waals surface area (Å²) in [6.07, 6.45) is 6.70. The normalized spacial score (nSPS) is 18.0. The van der Waals surface area contributed by atoms with Crippen LogP contribution in [0.1, 0.15) is 30.5 Å². The predicted octanol–water partition coefficient (Wildman–Crippen LogP) is 3.46. The molecule has 1 fully saturated rings. The highest BCUT2D eigenvalue weighted by atomic mass is 35.5. The van der Waals surface area contributed by atoms with Gasteiger partial charge in [-0.25, -0.2) is 0 Å². The zero-order valence-electron chi connectivity index (χ0n) is 17.2. The number of nitrogens with zero attached hydrogens (tertiary/aromatic N) is 2. The first-order chi connectivity index (χ1) is 14.3. The lowest BCUT2D eigenvalue weighted by molar-refractivity contribution is -0.130. The second-order valence-electron chi connectivity index (χ2n) is 7.43. The van der Waals surface area contributed by atoms with Gasteiger partial charge in [-0.2, -0.15) is 0 Å². The summed E-state index contributed by atoms with van der Waals surface area (Å²) < 4.78 is 11.3. The molecule has 0 radical (unpaired) electrons. The molecular formula is C23H28ClN3O3. The number of fused-ring (bicyclic) bond motifs is 1. The zero-order chi connectivity index (χ0) is 20.1. The number of ether oxygens (including phenoxy) is 2. The molecule has 0 bridgehead atoms. The van der Waals surface area contributed by atoms with Gasteiger partial charge in [0.15, 0.2) is 11.5 Å². The SMILES string of the molecule is COc1cccc2c1OCC(C(=O)N(Cc1ccccn1)C1CCCNCC1)=C2.Cl. The van der Waals surface area contributed by atoms with Crippen LogP contribution in [0.25, 0.3) is 6.08 Å². The molecule has 4 rings (SSSR count). The second-order valence-corrected chi connectivity index (χ2v) is 7.43. The molecule has 2 aromatic rings. The van der Waals surface area contributed by atoms with Crippen molar-refractivity contribution < 1.29 is 14.3 Å². The number of hydrogen-bond donors (Lipinski definition) is 1. The first kappa shape index (κ1) is 22.1.